The number of aromatic nitrogens is 1. The van der Waals surface area contributed by atoms with E-state index in [1.807, 2.05) is 0 Å². The van der Waals surface area contributed by atoms with Gasteiger partial charge in [-0.2, -0.15) is 4.31 Å². The highest BCUT2D eigenvalue weighted by Gasteiger charge is 2.31. The van der Waals surface area contributed by atoms with Gasteiger partial charge >= 0.3 is 0 Å². The van der Waals surface area contributed by atoms with Gasteiger partial charge in [-0.3, -0.25) is 0 Å². The van der Waals surface area contributed by atoms with Gasteiger partial charge in [0.25, 0.3) is 0 Å². The Bertz CT molecular complexity index is 719. The molecular weight excluding hydrogens is 295 g/mol. The number of halogens is 1. The number of benzene rings is 1. The molecule has 114 valence electrons. The molecule has 0 amide bonds. The number of aryl methyl sites for hydroxylation is 2. The van der Waals surface area contributed by atoms with Crippen LogP contribution >= 0.6 is 0 Å². The highest BCUT2D eigenvalue weighted by molar-refractivity contribution is 7.89. The van der Waals surface area contributed by atoms with Crippen molar-refractivity contribution in [2.75, 3.05) is 7.05 Å². The first-order chi connectivity index (χ1) is 9.75. The van der Waals surface area contributed by atoms with Crippen LogP contribution in [0.4, 0.5) is 4.39 Å². The molecule has 0 aliphatic carbocycles. The van der Waals surface area contributed by atoms with Crippen molar-refractivity contribution >= 4 is 10.0 Å². The normalized spacial score (nSPS) is 13.6. The number of rotatable bonds is 4. The van der Waals surface area contributed by atoms with Gasteiger partial charge in [-0.05, 0) is 38.5 Å². The molecule has 0 radical (unpaired) electrons. The van der Waals surface area contributed by atoms with Crippen molar-refractivity contribution in [3.05, 3.63) is 47.1 Å². The van der Waals surface area contributed by atoms with Crippen LogP contribution in [0, 0.1) is 19.7 Å². The molecule has 0 spiro atoms. The van der Waals surface area contributed by atoms with E-state index in [-0.39, 0.29) is 16.5 Å². The zero-order valence-electron chi connectivity index (χ0n) is 12.3. The fourth-order valence-corrected chi connectivity index (χ4v) is 3.78. The van der Waals surface area contributed by atoms with E-state index in [1.165, 1.54) is 23.5 Å². The molecule has 0 unspecified atom stereocenters. The second kappa shape index (κ2) is 5.57. The molecule has 0 aliphatic heterocycles. The Balaban J connectivity index is 2.38. The molecule has 2 rings (SSSR count). The SMILES string of the molecule is Cc1noc(C)c1S(=O)(=O)N(C)[C@@H](C)c1ccc(F)cc1. The van der Waals surface area contributed by atoms with Gasteiger partial charge in [-0.25, -0.2) is 12.8 Å². The lowest BCUT2D eigenvalue weighted by Crippen LogP contribution is -2.30. The maximum atomic E-state index is 13.0. The molecule has 0 N–H and O–H groups in total. The third-order valence-corrected chi connectivity index (χ3v) is 5.68. The fourth-order valence-electron chi connectivity index (χ4n) is 2.15. The molecule has 1 heterocycles. The van der Waals surface area contributed by atoms with Crippen molar-refractivity contribution in [3.63, 3.8) is 0 Å². The van der Waals surface area contributed by atoms with Crippen molar-refractivity contribution in [2.24, 2.45) is 0 Å². The van der Waals surface area contributed by atoms with Crippen LogP contribution in [0.1, 0.15) is 30.0 Å². The number of hydrogen-bond acceptors (Lipinski definition) is 4. The van der Waals surface area contributed by atoms with Crippen molar-refractivity contribution in [1.29, 1.82) is 0 Å². The quantitative estimate of drug-likeness (QED) is 0.871. The summed E-state index contributed by atoms with van der Waals surface area (Å²) in [7, 11) is -2.25. The van der Waals surface area contributed by atoms with Crippen molar-refractivity contribution in [3.8, 4) is 0 Å². The minimum absolute atomic E-state index is 0.0824. The second-order valence-corrected chi connectivity index (χ2v) is 6.84. The smallest absolute Gasteiger partial charge is 0.248 e. The fraction of sp³-hybridized carbons (Fsp3) is 0.357. The molecule has 2 aromatic rings. The predicted molar refractivity (Wildman–Crippen MR) is 75.7 cm³/mol. The predicted octanol–water partition coefficient (Wildman–Crippen LogP) is 2.81. The Morgan fingerprint density at radius 3 is 2.29 bits per heavy atom. The van der Waals surface area contributed by atoms with Gasteiger partial charge in [0.15, 0.2) is 5.76 Å². The van der Waals surface area contributed by atoms with E-state index in [4.69, 9.17) is 4.52 Å². The average molecular weight is 312 g/mol. The molecule has 0 saturated heterocycles. The summed E-state index contributed by atoms with van der Waals surface area (Å²) >= 11 is 0. The van der Waals surface area contributed by atoms with E-state index in [0.717, 1.165) is 0 Å². The van der Waals surface area contributed by atoms with Crippen LogP contribution in [-0.2, 0) is 10.0 Å². The molecule has 1 aromatic heterocycles. The van der Waals surface area contributed by atoms with E-state index < -0.39 is 16.1 Å². The van der Waals surface area contributed by atoms with Crippen LogP contribution in [0.2, 0.25) is 0 Å². The van der Waals surface area contributed by atoms with Crippen LogP contribution in [0.25, 0.3) is 0 Å². The Morgan fingerprint density at radius 1 is 1.24 bits per heavy atom. The van der Waals surface area contributed by atoms with Gasteiger partial charge in [0, 0.05) is 13.1 Å². The largest absolute Gasteiger partial charge is 0.360 e. The number of nitrogens with zero attached hydrogens (tertiary/aromatic N) is 2. The van der Waals surface area contributed by atoms with E-state index in [0.29, 0.717) is 11.3 Å². The molecular formula is C14H17FN2O3S. The second-order valence-electron chi connectivity index (χ2n) is 4.90. The third kappa shape index (κ3) is 2.84. The van der Waals surface area contributed by atoms with Gasteiger partial charge < -0.3 is 4.52 Å². The first kappa shape index (κ1) is 15.7. The number of hydrogen-bond donors (Lipinski definition) is 0. The lowest BCUT2D eigenvalue weighted by Gasteiger charge is -2.24. The lowest BCUT2D eigenvalue weighted by atomic mass is 10.1. The molecule has 0 bridgehead atoms. The Labute approximate surface area is 123 Å². The van der Waals surface area contributed by atoms with E-state index in [9.17, 15) is 12.8 Å². The molecule has 1 atom stereocenters. The zero-order valence-corrected chi connectivity index (χ0v) is 13.1. The van der Waals surface area contributed by atoms with Crippen LogP contribution in [0.15, 0.2) is 33.7 Å². The Hall–Kier alpha value is -1.73. The maximum Gasteiger partial charge on any atom is 0.248 e. The summed E-state index contributed by atoms with van der Waals surface area (Å²) in [4.78, 5) is 0.0824. The molecule has 21 heavy (non-hydrogen) atoms. The van der Waals surface area contributed by atoms with E-state index >= 15 is 0 Å². The van der Waals surface area contributed by atoms with Crippen molar-refractivity contribution in [1.82, 2.24) is 9.46 Å². The van der Waals surface area contributed by atoms with Gasteiger partial charge in [-0.1, -0.05) is 17.3 Å². The van der Waals surface area contributed by atoms with Gasteiger partial charge in [0.2, 0.25) is 10.0 Å². The standard InChI is InChI=1S/C14H17FN2O3S/c1-9-14(11(3)20-16-9)21(18,19)17(4)10(2)12-5-7-13(15)8-6-12/h5-8,10H,1-4H3/t10-/m0/s1. The minimum atomic E-state index is -3.73. The molecule has 0 fully saturated rings. The maximum absolute atomic E-state index is 13.0. The van der Waals surface area contributed by atoms with Crippen LogP contribution in [0.5, 0.6) is 0 Å². The summed E-state index contributed by atoms with van der Waals surface area (Å²) in [5, 5.41) is 3.68. The number of sulfonamides is 1. The summed E-state index contributed by atoms with van der Waals surface area (Å²) in [6.45, 7) is 4.88. The highest BCUT2D eigenvalue weighted by Crippen LogP contribution is 2.29. The Kier molecular flexibility index (Phi) is 4.15. The van der Waals surface area contributed by atoms with Gasteiger partial charge in [-0.15, -0.1) is 0 Å². The molecule has 0 saturated carbocycles. The summed E-state index contributed by atoms with van der Waals surface area (Å²) < 4.78 is 44.5. The topological polar surface area (TPSA) is 63.4 Å². The Morgan fingerprint density at radius 2 is 1.81 bits per heavy atom. The highest BCUT2D eigenvalue weighted by atomic mass is 32.2. The summed E-state index contributed by atoms with van der Waals surface area (Å²) in [5.41, 5.74) is 1.03. The zero-order chi connectivity index (χ0) is 15.8. The summed E-state index contributed by atoms with van der Waals surface area (Å²) in [6.07, 6.45) is 0. The molecule has 0 aliphatic rings. The first-order valence-electron chi connectivity index (χ1n) is 6.41. The van der Waals surface area contributed by atoms with Crippen LogP contribution in [-0.4, -0.2) is 24.9 Å². The van der Waals surface area contributed by atoms with Crippen molar-refractivity contribution < 1.29 is 17.3 Å². The molecule has 7 heteroatoms. The lowest BCUT2D eigenvalue weighted by molar-refractivity contribution is 0.384. The van der Waals surface area contributed by atoms with E-state index in [2.05, 4.69) is 5.16 Å². The minimum Gasteiger partial charge on any atom is -0.360 e. The third-order valence-electron chi connectivity index (χ3n) is 3.50. The monoisotopic (exact) mass is 312 g/mol. The van der Waals surface area contributed by atoms with Crippen LogP contribution < -0.4 is 0 Å². The van der Waals surface area contributed by atoms with Gasteiger partial charge in [0.1, 0.15) is 16.4 Å². The van der Waals surface area contributed by atoms with Crippen molar-refractivity contribution in [2.45, 2.75) is 31.7 Å². The average Bonchev–Trinajstić information content (AvgIpc) is 2.78. The summed E-state index contributed by atoms with van der Waals surface area (Å²) in [5.74, 6) is -0.104. The van der Waals surface area contributed by atoms with Crippen LogP contribution in [0.3, 0.4) is 0 Å². The first-order valence-corrected chi connectivity index (χ1v) is 7.85. The molecule has 5 nitrogen and oxygen atoms in total. The van der Waals surface area contributed by atoms with Gasteiger partial charge in [0.05, 0.1) is 0 Å². The van der Waals surface area contributed by atoms with E-state index in [1.54, 1.807) is 32.9 Å². The molecule has 1 aromatic carbocycles. The summed E-state index contributed by atoms with van der Waals surface area (Å²) in [6, 6.07) is 5.31.